The third-order valence-corrected chi connectivity index (χ3v) is 11.3. The Kier molecular flexibility index (Phi) is 8.27. The Morgan fingerprint density at radius 2 is 0.607 bits per heavy atom. The van der Waals surface area contributed by atoms with Crippen LogP contribution in [0, 0.1) is 6.92 Å². The van der Waals surface area contributed by atoms with Gasteiger partial charge in [-0.3, -0.25) is 0 Å². The average Bonchev–Trinajstić information content (AvgIpc) is 3.27. The number of hydrogen-bond donors (Lipinski definition) is 1. The minimum Gasteiger partial charge on any atom is -0.507 e. The Bertz CT molecular complexity index is 3050. The van der Waals surface area contributed by atoms with Gasteiger partial charge in [0.2, 0.25) is 0 Å². The molecule has 0 unspecified atom stereocenters. The Morgan fingerprint density at radius 1 is 0.250 bits per heavy atom. The molecule has 0 aromatic heterocycles. The number of rotatable bonds is 6. The molecule has 1 N–H and O–H groups in total. The summed E-state index contributed by atoms with van der Waals surface area (Å²) in [6.07, 6.45) is 0. The van der Waals surface area contributed by atoms with Crippen molar-refractivity contribution in [2.24, 2.45) is 0 Å². The molecule has 0 bridgehead atoms. The van der Waals surface area contributed by atoms with Crippen molar-refractivity contribution >= 4 is 32.3 Å². The van der Waals surface area contributed by atoms with Crippen LogP contribution in [0.4, 0.5) is 0 Å². The normalized spacial score (nSPS) is 11.4. The Morgan fingerprint density at radius 3 is 1.20 bits per heavy atom. The highest BCUT2D eigenvalue weighted by Gasteiger charge is 2.14. The SMILES string of the molecule is Cc1ccc(-c2cccc(-c3ccc4c5ccccc5c5ccccc5c4c3)c2)cc1-c1cc(-c2cccc(-c3ccc(-c4ccccc4)cc3)c2)ccc1O. The lowest BCUT2D eigenvalue weighted by Crippen LogP contribution is -1.89. The summed E-state index contributed by atoms with van der Waals surface area (Å²) < 4.78 is 0. The first-order valence-corrected chi connectivity index (χ1v) is 19.2. The molecule has 0 saturated heterocycles. The first kappa shape index (κ1) is 33.4. The monoisotopic (exact) mass is 714 g/mol. The van der Waals surface area contributed by atoms with Gasteiger partial charge in [0.05, 0.1) is 0 Å². The van der Waals surface area contributed by atoms with Gasteiger partial charge in [-0.2, -0.15) is 0 Å². The van der Waals surface area contributed by atoms with Gasteiger partial charge in [-0.1, -0.05) is 170 Å². The first-order valence-electron chi connectivity index (χ1n) is 19.2. The van der Waals surface area contributed by atoms with Crippen LogP contribution in [0.3, 0.4) is 0 Å². The number of fused-ring (bicyclic) bond motifs is 6. The minimum absolute atomic E-state index is 0.270. The van der Waals surface area contributed by atoms with Crippen molar-refractivity contribution in [1.29, 1.82) is 0 Å². The van der Waals surface area contributed by atoms with Crippen molar-refractivity contribution < 1.29 is 5.11 Å². The summed E-state index contributed by atoms with van der Waals surface area (Å²) in [7, 11) is 0. The summed E-state index contributed by atoms with van der Waals surface area (Å²) >= 11 is 0. The Hall–Kier alpha value is -7.22. The van der Waals surface area contributed by atoms with Gasteiger partial charge in [0, 0.05) is 5.56 Å². The summed E-state index contributed by atoms with van der Waals surface area (Å²) in [4.78, 5) is 0. The van der Waals surface area contributed by atoms with Gasteiger partial charge in [0.1, 0.15) is 5.75 Å². The fourth-order valence-corrected chi connectivity index (χ4v) is 8.35. The molecule has 10 rings (SSSR count). The minimum atomic E-state index is 0.270. The van der Waals surface area contributed by atoms with E-state index in [0.717, 1.165) is 44.5 Å². The van der Waals surface area contributed by atoms with Gasteiger partial charge in [-0.15, -0.1) is 0 Å². The fourth-order valence-electron chi connectivity index (χ4n) is 8.35. The summed E-state index contributed by atoms with van der Waals surface area (Å²) in [6.45, 7) is 2.12. The third-order valence-electron chi connectivity index (χ3n) is 11.3. The van der Waals surface area contributed by atoms with Crippen molar-refractivity contribution in [1.82, 2.24) is 0 Å². The molecule has 0 saturated carbocycles. The second-order valence-electron chi connectivity index (χ2n) is 14.7. The molecule has 0 aliphatic carbocycles. The van der Waals surface area contributed by atoms with E-state index in [9.17, 15) is 5.11 Å². The summed E-state index contributed by atoms with van der Waals surface area (Å²) in [6, 6.07) is 73.5. The van der Waals surface area contributed by atoms with Gasteiger partial charge in [-0.25, -0.2) is 0 Å². The smallest absolute Gasteiger partial charge is 0.123 e. The van der Waals surface area contributed by atoms with Crippen molar-refractivity contribution in [2.45, 2.75) is 6.92 Å². The van der Waals surface area contributed by atoms with E-state index in [1.807, 2.05) is 18.2 Å². The predicted octanol–water partition coefficient (Wildman–Crippen LogP) is 15.2. The van der Waals surface area contributed by atoms with Crippen LogP contribution in [-0.2, 0) is 0 Å². The molecule has 0 aliphatic rings. The molecule has 0 spiro atoms. The van der Waals surface area contributed by atoms with E-state index < -0.39 is 0 Å². The number of hydrogen-bond acceptors (Lipinski definition) is 1. The molecule has 0 radical (unpaired) electrons. The number of aromatic hydroxyl groups is 1. The van der Waals surface area contributed by atoms with Crippen LogP contribution in [0.2, 0.25) is 0 Å². The van der Waals surface area contributed by atoms with Crippen molar-refractivity contribution in [2.75, 3.05) is 0 Å². The molecule has 0 fully saturated rings. The maximum atomic E-state index is 11.3. The molecular formula is C55H38O. The van der Waals surface area contributed by atoms with Crippen LogP contribution in [0.1, 0.15) is 5.56 Å². The Balaban J connectivity index is 0.990. The van der Waals surface area contributed by atoms with Gasteiger partial charge in [0.25, 0.3) is 0 Å². The van der Waals surface area contributed by atoms with E-state index >= 15 is 0 Å². The first-order chi connectivity index (χ1) is 27.6. The van der Waals surface area contributed by atoms with Crippen LogP contribution >= 0.6 is 0 Å². The molecular weight excluding hydrogens is 677 g/mol. The topological polar surface area (TPSA) is 20.2 Å². The van der Waals surface area contributed by atoms with Gasteiger partial charge in [-0.05, 0) is 142 Å². The van der Waals surface area contributed by atoms with E-state index in [-0.39, 0.29) is 5.75 Å². The number of benzene rings is 10. The second kappa shape index (κ2) is 13.9. The van der Waals surface area contributed by atoms with Gasteiger partial charge < -0.3 is 5.11 Å². The molecule has 10 aromatic rings. The standard InChI is InChI=1S/C55H38O/c1-36-21-22-44(42-15-10-16-43(32-42)45-27-29-51-49-19-6-5-17-47(49)48-18-7-8-20-50(48)53(51)34-45)33-52(36)54-35-46(28-30-55(54)56)41-14-9-13-40(31-41)39-25-23-38(24-26-39)37-11-3-2-4-12-37/h2-35,56H,1H3. The van der Waals surface area contributed by atoms with Crippen LogP contribution in [0.5, 0.6) is 5.75 Å². The molecule has 10 aromatic carbocycles. The van der Waals surface area contributed by atoms with E-state index in [1.54, 1.807) is 0 Å². The van der Waals surface area contributed by atoms with E-state index in [4.69, 9.17) is 0 Å². The highest BCUT2D eigenvalue weighted by molar-refractivity contribution is 6.25. The molecule has 0 atom stereocenters. The zero-order valence-electron chi connectivity index (χ0n) is 31.1. The predicted molar refractivity (Wildman–Crippen MR) is 238 cm³/mol. The van der Waals surface area contributed by atoms with E-state index in [1.165, 1.54) is 60.1 Å². The molecule has 0 aliphatic heterocycles. The molecule has 1 nitrogen and oxygen atoms in total. The quantitative estimate of drug-likeness (QED) is 0.170. The largest absolute Gasteiger partial charge is 0.507 e. The molecule has 264 valence electrons. The lowest BCUT2D eigenvalue weighted by atomic mass is 9.90. The zero-order chi connectivity index (χ0) is 37.6. The zero-order valence-corrected chi connectivity index (χ0v) is 31.1. The summed E-state index contributed by atoms with van der Waals surface area (Å²) in [5.41, 5.74) is 14.5. The maximum Gasteiger partial charge on any atom is 0.123 e. The fraction of sp³-hybridized carbons (Fsp3) is 0.0182. The highest BCUT2D eigenvalue weighted by atomic mass is 16.3. The van der Waals surface area contributed by atoms with Crippen molar-refractivity contribution in [3.63, 3.8) is 0 Å². The van der Waals surface area contributed by atoms with Gasteiger partial charge >= 0.3 is 0 Å². The third kappa shape index (κ3) is 6.00. The highest BCUT2D eigenvalue weighted by Crippen LogP contribution is 2.40. The van der Waals surface area contributed by atoms with Crippen molar-refractivity contribution in [3.05, 3.63) is 212 Å². The van der Waals surface area contributed by atoms with E-state index in [0.29, 0.717) is 0 Å². The van der Waals surface area contributed by atoms with Crippen molar-refractivity contribution in [3.8, 4) is 72.5 Å². The van der Waals surface area contributed by atoms with Crippen LogP contribution in [-0.4, -0.2) is 5.11 Å². The average molecular weight is 715 g/mol. The van der Waals surface area contributed by atoms with Crippen LogP contribution < -0.4 is 0 Å². The number of aryl methyl sites for hydroxylation is 1. The number of phenolic OH excluding ortho intramolecular Hbond substituents is 1. The molecule has 0 amide bonds. The van der Waals surface area contributed by atoms with E-state index in [2.05, 4.69) is 195 Å². The summed E-state index contributed by atoms with van der Waals surface area (Å²) in [5, 5.41) is 19.0. The lowest BCUT2D eigenvalue weighted by molar-refractivity contribution is 0.477. The summed E-state index contributed by atoms with van der Waals surface area (Å²) in [5.74, 6) is 0.270. The Labute approximate surface area is 327 Å². The maximum absolute atomic E-state index is 11.3. The molecule has 0 heterocycles. The van der Waals surface area contributed by atoms with Crippen LogP contribution in [0.25, 0.3) is 99.1 Å². The molecule has 56 heavy (non-hydrogen) atoms. The van der Waals surface area contributed by atoms with Gasteiger partial charge in [0.15, 0.2) is 0 Å². The molecule has 1 heteroatoms. The second-order valence-corrected chi connectivity index (χ2v) is 14.7. The lowest BCUT2D eigenvalue weighted by Gasteiger charge is -2.15. The van der Waals surface area contributed by atoms with Crippen LogP contribution in [0.15, 0.2) is 206 Å². The number of phenols is 1.